The molecule has 0 bridgehead atoms. The summed E-state index contributed by atoms with van der Waals surface area (Å²) in [6.45, 7) is 3.51. The van der Waals surface area contributed by atoms with Gasteiger partial charge in [0, 0.05) is 43.5 Å². The normalized spacial score (nSPS) is 15.8. The first-order valence-corrected chi connectivity index (χ1v) is 9.86. The lowest BCUT2D eigenvalue weighted by Gasteiger charge is -2.40. The Kier molecular flexibility index (Phi) is 5.29. The molecule has 2 aliphatic rings. The van der Waals surface area contributed by atoms with Crippen molar-refractivity contribution in [1.29, 1.82) is 0 Å². The van der Waals surface area contributed by atoms with Gasteiger partial charge in [-0.25, -0.2) is 0 Å². The molecule has 2 aliphatic heterocycles. The maximum Gasteiger partial charge on any atom is 0.254 e. The number of pyridine rings is 1. The van der Waals surface area contributed by atoms with Gasteiger partial charge in [-0.15, -0.1) is 0 Å². The predicted molar refractivity (Wildman–Crippen MR) is 107 cm³/mol. The molecule has 1 aromatic carbocycles. The van der Waals surface area contributed by atoms with Gasteiger partial charge >= 0.3 is 0 Å². The standard InChI is InChI=1S/C22H24N4O3/c1-15-5-4-10-23-19(15)8-9-20(27)24-17-12-25(13-17)21(28)14-26-11-16-6-2-3-7-18(16)22(26)29/h2-7,10,17H,8-9,11-14H2,1H3,(H,24,27). The van der Waals surface area contributed by atoms with Crippen molar-refractivity contribution in [2.24, 2.45) is 0 Å². The van der Waals surface area contributed by atoms with Crippen LogP contribution in [0.3, 0.4) is 0 Å². The Labute approximate surface area is 169 Å². The topological polar surface area (TPSA) is 82.6 Å². The van der Waals surface area contributed by atoms with Crippen LogP contribution < -0.4 is 5.32 Å². The third kappa shape index (κ3) is 4.13. The molecule has 2 aromatic rings. The van der Waals surface area contributed by atoms with Crippen LogP contribution in [-0.2, 0) is 22.6 Å². The van der Waals surface area contributed by atoms with Gasteiger partial charge in [0.05, 0.1) is 6.04 Å². The highest BCUT2D eigenvalue weighted by molar-refractivity contribution is 6.00. The highest BCUT2D eigenvalue weighted by Crippen LogP contribution is 2.22. The monoisotopic (exact) mass is 392 g/mol. The number of carbonyl (C=O) groups excluding carboxylic acids is 3. The average Bonchev–Trinajstić information content (AvgIpc) is 2.99. The molecule has 0 spiro atoms. The Morgan fingerprint density at radius 2 is 1.97 bits per heavy atom. The number of hydrogen-bond acceptors (Lipinski definition) is 4. The van der Waals surface area contributed by atoms with Crippen molar-refractivity contribution in [2.45, 2.75) is 32.4 Å². The zero-order chi connectivity index (χ0) is 20.4. The molecule has 1 saturated heterocycles. The van der Waals surface area contributed by atoms with Crippen LogP contribution >= 0.6 is 0 Å². The molecule has 0 aliphatic carbocycles. The van der Waals surface area contributed by atoms with Crippen LogP contribution in [0, 0.1) is 6.92 Å². The van der Waals surface area contributed by atoms with Gasteiger partial charge in [0.1, 0.15) is 6.54 Å². The van der Waals surface area contributed by atoms with Crippen molar-refractivity contribution < 1.29 is 14.4 Å². The van der Waals surface area contributed by atoms with Crippen molar-refractivity contribution >= 4 is 17.7 Å². The van der Waals surface area contributed by atoms with Crippen LogP contribution in [0.25, 0.3) is 0 Å². The summed E-state index contributed by atoms with van der Waals surface area (Å²) < 4.78 is 0. The van der Waals surface area contributed by atoms with Gasteiger partial charge in [-0.3, -0.25) is 19.4 Å². The van der Waals surface area contributed by atoms with Crippen LogP contribution in [0.15, 0.2) is 42.6 Å². The van der Waals surface area contributed by atoms with Gasteiger partial charge in [-0.1, -0.05) is 24.3 Å². The van der Waals surface area contributed by atoms with Gasteiger partial charge in [0.25, 0.3) is 5.91 Å². The van der Waals surface area contributed by atoms with Crippen molar-refractivity contribution in [2.75, 3.05) is 19.6 Å². The fourth-order valence-corrected chi connectivity index (χ4v) is 3.79. The van der Waals surface area contributed by atoms with Crippen LogP contribution in [0.1, 0.15) is 33.6 Å². The average molecular weight is 392 g/mol. The second kappa shape index (κ2) is 8.03. The summed E-state index contributed by atoms with van der Waals surface area (Å²) in [7, 11) is 0. The zero-order valence-electron chi connectivity index (χ0n) is 16.4. The summed E-state index contributed by atoms with van der Waals surface area (Å²) in [5.41, 5.74) is 3.66. The lowest BCUT2D eigenvalue weighted by molar-refractivity contribution is -0.138. The Morgan fingerprint density at radius 3 is 2.72 bits per heavy atom. The van der Waals surface area contributed by atoms with E-state index in [0.29, 0.717) is 38.0 Å². The first-order valence-electron chi connectivity index (χ1n) is 9.86. The second-order valence-electron chi connectivity index (χ2n) is 7.65. The Morgan fingerprint density at radius 1 is 1.17 bits per heavy atom. The van der Waals surface area contributed by atoms with Crippen molar-refractivity contribution in [1.82, 2.24) is 20.1 Å². The number of likely N-dealkylation sites (tertiary alicyclic amines) is 1. The van der Waals surface area contributed by atoms with Crippen molar-refractivity contribution in [3.8, 4) is 0 Å². The fourth-order valence-electron chi connectivity index (χ4n) is 3.79. The maximum atomic E-state index is 12.5. The number of amides is 3. The van der Waals surface area contributed by atoms with Gasteiger partial charge in [0.15, 0.2) is 0 Å². The third-order valence-electron chi connectivity index (χ3n) is 5.53. The molecule has 1 aromatic heterocycles. The number of benzene rings is 1. The number of nitrogens with one attached hydrogen (secondary N) is 1. The summed E-state index contributed by atoms with van der Waals surface area (Å²) >= 11 is 0. The van der Waals surface area contributed by atoms with E-state index >= 15 is 0 Å². The zero-order valence-corrected chi connectivity index (χ0v) is 16.4. The largest absolute Gasteiger partial charge is 0.350 e. The molecule has 7 heteroatoms. The molecule has 1 fully saturated rings. The van der Waals surface area contributed by atoms with E-state index in [0.717, 1.165) is 16.8 Å². The molecule has 0 atom stereocenters. The molecule has 0 unspecified atom stereocenters. The molecule has 4 rings (SSSR count). The highest BCUT2D eigenvalue weighted by atomic mass is 16.2. The lowest BCUT2D eigenvalue weighted by Crippen LogP contribution is -2.62. The predicted octanol–water partition coefficient (Wildman–Crippen LogP) is 1.31. The van der Waals surface area contributed by atoms with Gasteiger partial charge in [-0.2, -0.15) is 0 Å². The fraction of sp³-hybridized carbons (Fsp3) is 0.364. The summed E-state index contributed by atoms with van der Waals surface area (Å²) in [6, 6.07) is 11.3. The van der Waals surface area contributed by atoms with E-state index in [1.165, 1.54) is 0 Å². The first-order chi connectivity index (χ1) is 14.0. The minimum atomic E-state index is -0.0934. The SMILES string of the molecule is Cc1cccnc1CCC(=O)NC1CN(C(=O)CN2Cc3ccccc3C2=O)C1. The van der Waals surface area contributed by atoms with Crippen LogP contribution in [0.4, 0.5) is 0 Å². The molecule has 7 nitrogen and oxygen atoms in total. The molecule has 1 N–H and O–H groups in total. The molecule has 0 saturated carbocycles. The van der Waals surface area contributed by atoms with E-state index < -0.39 is 0 Å². The number of nitrogens with zero attached hydrogens (tertiary/aromatic N) is 3. The van der Waals surface area contributed by atoms with E-state index in [1.807, 2.05) is 37.3 Å². The molecule has 0 radical (unpaired) electrons. The number of fused-ring (bicyclic) bond motifs is 1. The van der Waals surface area contributed by atoms with E-state index in [4.69, 9.17) is 0 Å². The van der Waals surface area contributed by atoms with Crippen molar-refractivity contribution in [3.05, 3.63) is 65.0 Å². The van der Waals surface area contributed by atoms with Gasteiger partial charge in [0.2, 0.25) is 11.8 Å². The molecule has 29 heavy (non-hydrogen) atoms. The van der Waals surface area contributed by atoms with Crippen LogP contribution in [0.2, 0.25) is 0 Å². The summed E-state index contributed by atoms with van der Waals surface area (Å²) in [6.07, 6.45) is 2.72. The first kappa shape index (κ1) is 19.1. The Hall–Kier alpha value is -3.22. The van der Waals surface area contributed by atoms with Gasteiger partial charge in [-0.05, 0) is 36.6 Å². The summed E-state index contributed by atoms with van der Waals surface area (Å²) in [5, 5.41) is 2.97. The quantitative estimate of drug-likeness (QED) is 0.804. The maximum absolute atomic E-state index is 12.5. The Balaban J connectivity index is 1.19. The third-order valence-corrected chi connectivity index (χ3v) is 5.53. The van der Waals surface area contributed by atoms with Crippen LogP contribution in [0.5, 0.6) is 0 Å². The molecular weight excluding hydrogens is 368 g/mol. The highest BCUT2D eigenvalue weighted by Gasteiger charge is 2.35. The van der Waals surface area contributed by atoms with Gasteiger partial charge < -0.3 is 15.1 Å². The van der Waals surface area contributed by atoms with Crippen LogP contribution in [-0.4, -0.2) is 58.2 Å². The minimum Gasteiger partial charge on any atom is -0.350 e. The number of rotatable bonds is 6. The van der Waals surface area contributed by atoms with Crippen molar-refractivity contribution in [3.63, 3.8) is 0 Å². The second-order valence-corrected chi connectivity index (χ2v) is 7.65. The van der Waals surface area contributed by atoms with E-state index in [-0.39, 0.29) is 30.3 Å². The van der Waals surface area contributed by atoms with E-state index in [9.17, 15) is 14.4 Å². The number of carbonyl (C=O) groups is 3. The van der Waals surface area contributed by atoms with E-state index in [2.05, 4.69) is 10.3 Å². The molecule has 3 amide bonds. The molecule has 3 heterocycles. The summed E-state index contributed by atoms with van der Waals surface area (Å²) in [4.78, 5) is 44.6. The Bertz CT molecular complexity index is 953. The number of hydrogen-bond donors (Lipinski definition) is 1. The smallest absolute Gasteiger partial charge is 0.254 e. The minimum absolute atomic E-state index is 0.0252. The lowest BCUT2D eigenvalue weighted by atomic mass is 10.1. The van der Waals surface area contributed by atoms with E-state index in [1.54, 1.807) is 22.1 Å². The molecular formula is C22H24N4O3. The molecule has 150 valence electrons. The summed E-state index contributed by atoms with van der Waals surface area (Å²) in [5.74, 6) is -0.206. The number of aromatic nitrogens is 1. The number of aryl methyl sites for hydroxylation is 2.